The van der Waals surface area contributed by atoms with Crippen molar-refractivity contribution in [2.45, 2.75) is 44.6 Å². The number of hydrogen-bond donors (Lipinski definition) is 1. The Morgan fingerprint density at radius 3 is 2.81 bits per heavy atom. The van der Waals surface area contributed by atoms with Gasteiger partial charge in [-0.25, -0.2) is 0 Å². The third-order valence-corrected chi connectivity index (χ3v) is 5.07. The summed E-state index contributed by atoms with van der Waals surface area (Å²) in [4.78, 5) is 2.66. The van der Waals surface area contributed by atoms with E-state index in [-0.39, 0.29) is 0 Å². The smallest absolute Gasteiger partial charge is 0.00793 e. The first-order chi connectivity index (χ1) is 7.86. The van der Waals surface area contributed by atoms with E-state index < -0.39 is 0 Å². The van der Waals surface area contributed by atoms with Gasteiger partial charge in [-0.3, -0.25) is 0 Å². The molecule has 2 fully saturated rings. The summed E-state index contributed by atoms with van der Waals surface area (Å²) in [6, 6.07) is 0.471. The van der Waals surface area contributed by atoms with Gasteiger partial charge in [-0.1, -0.05) is 19.3 Å². The summed E-state index contributed by atoms with van der Waals surface area (Å²) in [7, 11) is 0. The molecule has 2 atom stereocenters. The molecule has 1 heterocycles. The van der Waals surface area contributed by atoms with Gasteiger partial charge in [-0.05, 0) is 37.5 Å². The zero-order chi connectivity index (χ0) is 11.2. The van der Waals surface area contributed by atoms with Crippen LogP contribution in [0.3, 0.4) is 0 Å². The number of rotatable bonds is 2. The van der Waals surface area contributed by atoms with Gasteiger partial charge in [0.05, 0.1) is 0 Å². The minimum absolute atomic E-state index is 0.471. The van der Waals surface area contributed by atoms with Crippen molar-refractivity contribution in [3.63, 3.8) is 0 Å². The number of nitrogens with two attached hydrogens (primary N) is 1. The van der Waals surface area contributed by atoms with Crippen LogP contribution in [0.2, 0.25) is 0 Å². The summed E-state index contributed by atoms with van der Waals surface area (Å²) in [5, 5.41) is 0. The fraction of sp³-hybridized carbons (Fsp3) is 1.00. The highest BCUT2D eigenvalue weighted by Crippen LogP contribution is 2.23. The van der Waals surface area contributed by atoms with E-state index in [1.54, 1.807) is 0 Å². The van der Waals surface area contributed by atoms with Crippen LogP contribution < -0.4 is 5.73 Å². The molecule has 3 heteroatoms. The molecule has 94 valence electrons. The molecule has 2 rings (SSSR count). The molecule has 0 aromatic rings. The lowest BCUT2D eigenvalue weighted by Gasteiger charge is -2.28. The fourth-order valence-corrected chi connectivity index (χ4v) is 3.88. The van der Waals surface area contributed by atoms with E-state index in [0.717, 1.165) is 5.92 Å². The summed E-state index contributed by atoms with van der Waals surface area (Å²) in [5.41, 5.74) is 6.30. The van der Waals surface area contributed by atoms with Crippen LogP contribution in [0.1, 0.15) is 38.5 Å². The van der Waals surface area contributed by atoms with Crippen LogP contribution in [-0.4, -0.2) is 42.1 Å². The van der Waals surface area contributed by atoms with Crippen molar-refractivity contribution in [3.8, 4) is 0 Å². The van der Waals surface area contributed by atoms with Crippen molar-refractivity contribution < 1.29 is 0 Å². The molecular formula is C13H26N2S. The Hall–Kier alpha value is 0.270. The zero-order valence-electron chi connectivity index (χ0n) is 10.4. The predicted molar refractivity (Wildman–Crippen MR) is 72.9 cm³/mol. The van der Waals surface area contributed by atoms with E-state index in [4.69, 9.17) is 5.73 Å². The van der Waals surface area contributed by atoms with Crippen LogP contribution in [-0.2, 0) is 0 Å². The van der Waals surface area contributed by atoms with E-state index in [9.17, 15) is 0 Å². The highest BCUT2D eigenvalue weighted by molar-refractivity contribution is 7.99. The normalized spacial score (nSPS) is 34.3. The van der Waals surface area contributed by atoms with Gasteiger partial charge in [0.15, 0.2) is 0 Å². The maximum absolute atomic E-state index is 6.30. The van der Waals surface area contributed by atoms with Gasteiger partial charge < -0.3 is 10.6 Å². The first-order valence-corrected chi connectivity index (χ1v) is 8.07. The van der Waals surface area contributed by atoms with Gasteiger partial charge in [0.25, 0.3) is 0 Å². The second kappa shape index (κ2) is 6.87. The Morgan fingerprint density at radius 1 is 1.00 bits per heavy atom. The second-order valence-corrected chi connectivity index (χ2v) is 6.55. The molecule has 2 unspecified atom stereocenters. The third kappa shape index (κ3) is 3.94. The van der Waals surface area contributed by atoms with Crippen LogP contribution in [0, 0.1) is 5.92 Å². The van der Waals surface area contributed by atoms with Gasteiger partial charge in [0.1, 0.15) is 0 Å². The van der Waals surface area contributed by atoms with Gasteiger partial charge in [0, 0.05) is 24.9 Å². The number of nitrogens with zero attached hydrogens (tertiary/aromatic N) is 1. The van der Waals surface area contributed by atoms with Gasteiger partial charge in [0.2, 0.25) is 0 Å². The van der Waals surface area contributed by atoms with Crippen molar-refractivity contribution in [1.29, 1.82) is 0 Å². The summed E-state index contributed by atoms with van der Waals surface area (Å²) in [6.45, 7) is 3.85. The molecule has 1 aliphatic carbocycles. The van der Waals surface area contributed by atoms with Crippen molar-refractivity contribution in [3.05, 3.63) is 0 Å². The maximum atomic E-state index is 6.30. The largest absolute Gasteiger partial charge is 0.327 e. The molecule has 2 aliphatic rings. The van der Waals surface area contributed by atoms with E-state index in [2.05, 4.69) is 16.7 Å². The molecule has 1 saturated carbocycles. The highest BCUT2D eigenvalue weighted by Gasteiger charge is 2.23. The SMILES string of the molecule is NC1CCCCCC1CN1CCCSCC1. The molecule has 0 spiro atoms. The first kappa shape index (κ1) is 12.7. The lowest BCUT2D eigenvalue weighted by molar-refractivity contribution is 0.219. The van der Waals surface area contributed by atoms with E-state index in [1.807, 2.05) is 0 Å². The summed E-state index contributed by atoms with van der Waals surface area (Å²) < 4.78 is 0. The maximum Gasteiger partial charge on any atom is 0.00793 e. The highest BCUT2D eigenvalue weighted by atomic mass is 32.2. The number of hydrogen-bond acceptors (Lipinski definition) is 3. The predicted octanol–water partition coefficient (Wildman–Crippen LogP) is 2.33. The van der Waals surface area contributed by atoms with Crippen LogP contribution >= 0.6 is 11.8 Å². The molecule has 16 heavy (non-hydrogen) atoms. The van der Waals surface area contributed by atoms with Crippen molar-refractivity contribution in [1.82, 2.24) is 4.90 Å². The molecule has 0 aromatic carbocycles. The van der Waals surface area contributed by atoms with Crippen LogP contribution in [0.5, 0.6) is 0 Å². The first-order valence-electron chi connectivity index (χ1n) is 6.92. The molecule has 2 nitrogen and oxygen atoms in total. The fourth-order valence-electron chi connectivity index (χ4n) is 2.95. The zero-order valence-corrected chi connectivity index (χ0v) is 11.2. The van der Waals surface area contributed by atoms with Crippen LogP contribution in [0.15, 0.2) is 0 Å². The molecular weight excluding hydrogens is 216 g/mol. The number of thioether (sulfide) groups is 1. The molecule has 2 N–H and O–H groups in total. The molecule has 0 bridgehead atoms. The van der Waals surface area contributed by atoms with Crippen LogP contribution in [0.25, 0.3) is 0 Å². The molecule has 0 aromatic heterocycles. The van der Waals surface area contributed by atoms with Crippen molar-refractivity contribution in [2.75, 3.05) is 31.1 Å². The summed E-state index contributed by atoms with van der Waals surface area (Å²) in [5.74, 6) is 3.44. The minimum Gasteiger partial charge on any atom is -0.327 e. The van der Waals surface area contributed by atoms with E-state index >= 15 is 0 Å². The van der Waals surface area contributed by atoms with E-state index in [1.165, 1.54) is 69.7 Å². The average molecular weight is 242 g/mol. The van der Waals surface area contributed by atoms with Crippen molar-refractivity contribution in [2.24, 2.45) is 11.7 Å². The quantitative estimate of drug-likeness (QED) is 0.754. The van der Waals surface area contributed by atoms with Crippen molar-refractivity contribution >= 4 is 11.8 Å². The molecule has 0 radical (unpaired) electrons. The minimum atomic E-state index is 0.471. The van der Waals surface area contributed by atoms with Gasteiger partial charge >= 0.3 is 0 Å². The second-order valence-electron chi connectivity index (χ2n) is 5.33. The third-order valence-electron chi connectivity index (χ3n) is 4.03. The topological polar surface area (TPSA) is 29.3 Å². The Bertz CT molecular complexity index is 190. The average Bonchev–Trinajstić information content (AvgIpc) is 2.64. The Kier molecular flexibility index (Phi) is 5.46. The lowest BCUT2D eigenvalue weighted by Crippen LogP contribution is -2.39. The Labute approximate surface area is 104 Å². The standard InChI is InChI=1S/C13H26N2S/c14-13-6-3-1-2-5-12(13)11-15-7-4-9-16-10-8-15/h12-13H,1-11,14H2. The summed E-state index contributed by atoms with van der Waals surface area (Å²) >= 11 is 2.11. The Balaban J connectivity index is 1.81. The summed E-state index contributed by atoms with van der Waals surface area (Å²) in [6.07, 6.45) is 8.15. The lowest BCUT2D eigenvalue weighted by atomic mass is 9.95. The Morgan fingerprint density at radius 2 is 1.88 bits per heavy atom. The molecule has 1 saturated heterocycles. The van der Waals surface area contributed by atoms with E-state index in [0.29, 0.717) is 6.04 Å². The van der Waals surface area contributed by atoms with Gasteiger partial charge in [-0.15, -0.1) is 0 Å². The molecule has 0 amide bonds. The molecule has 1 aliphatic heterocycles. The van der Waals surface area contributed by atoms with Gasteiger partial charge in [-0.2, -0.15) is 11.8 Å². The monoisotopic (exact) mass is 242 g/mol. The van der Waals surface area contributed by atoms with Crippen LogP contribution in [0.4, 0.5) is 0 Å².